The fourth-order valence-corrected chi connectivity index (χ4v) is 8.31. The lowest BCUT2D eigenvalue weighted by molar-refractivity contribution is -0.205. The average molecular weight is 756 g/mol. The number of ketones is 1. The predicted molar refractivity (Wildman–Crippen MR) is 214 cm³/mol. The minimum Gasteiger partial charge on any atom is -0.508 e. The summed E-state index contributed by atoms with van der Waals surface area (Å²) in [5, 5.41) is 14.2. The molecule has 0 spiro atoms. The van der Waals surface area contributed by atoms with Gasteiger partial charge in [-0.2, -0.15) is 0 Å². The molecule has 7 rings (SSSR count). The van der Waals surface area contributed by atoms with Crippen LogP contribution in [0.5, 0.6) is 5.75 Å². The molecular weight excluding hydrogens is 711 g/mol. The molecule has 4 aromatic carbocycles. The van der Waals surface area contributed by atoms with Crippen LogP contribution in [0.3, 0.4) is 0 Å². The van der Waals surface area contributed by atoms with E-state index in [1.807, 2.05) is 96.9 Å². The molecule has 1 N–H and O–H groups in total. The van der Waals surface area contributed by atoms with Gasteiger partial charge in [0.2, 0.25) is 17.7 Å². The van der Waals surface area contributed by atoms with Crippen molar-refractivity contribution in [3.05, 3.63) is 144 Å². The number of phenols is 1. The second-order valence-electron chi connectivity index (χ2n) is 14.2. The second kappa shape index (κ2) is 16.4. The maximum Gasteiger partial charge on any atom is 0.246 e. The van der Waals surface area contributed by atoms with Crippen LogP contribution in [0.1, 0.15) is 39.0 Å². The number of thioether (sulfide) groups is 1. The van der Waals surface area contributed by atoms with Gasteiger partial charge in [-0.3, -0.25) is 19.2 Å². The van der Waals surface area contributed by atoms with Crippen LogP contribution >= 0.6 is 11.8 Å². The van der Waals surface area contributed by atoms with E-state index in [1.54, 1.807) is 61.9 Å². The highest BCUT2D eigenvalue weighted by atomic mass is 32.2. The molecule has 3 amide bonds. The van der Waals surface area contributed by atoms with E-state index >= 15 is 0 Å². The van der Waals surface area contributed by atoms with E-state index in [9.17, 15) is 24.3 Å². The normalized spacial score (nSPS) is 17.5. The number of carbonyl (C=O) groups is 4. The van der Waals surface area contributed by atoms with Crippen LogP contribution < -0.4 is 0 Å². The van der Waals surface area contributed by atoms with Crippen molar-refractivity contribution in [3.63, 3.8) is 0 Å². The molecule has 2 saturated heterocycles. The number of amides is 3. The minimum atomic E-state index is -0.895. The molecule has 2 atom stereocenters. The number of Topliss-reactive ketones (excluding diaryl/α,β-unsaturated/α-hetero) is 1. The van der Waals surface area contributed by atoms with E-state index in [4.69, 9.17) is 0 Å². The van der Waals surface area contributed by atoms with Gasteiger partial charge < -0.3 is 19.5 Å². The van der Waals surface area contributed by atoms with Gasteiger partial charge in [0.1, 0.15) is 18.0 Å². The van der Waals surface area contributed by atoms with Gasteiger partial charge in [-0.05, 0) is 59.2 Å². The number of aryl methyl sites for hydroxylation is 2. The molecule has 0 saturated carbocycles. The first kappa shape index (κ1) is 37.7. The summed E-state index contributed by atoms with van der Waals surface area (Å²) in [7, 11) is 1.91. The van der Waals surface area contributed by atoms with E-state index in [2.05, 4.69) is 6.58 Å². The quantitative estimate of drug-likeness (QED) is 0.0891. The lowest BCUT2D eigenvalue weighted by atomic mass is 9.97. The first-order chi connectivity index (χ1) is 26.6. The van der Waals surface area contributed by atoms with Crippen LogP contribution in [0, 0.1) is 0 Å². The zero-order valence-electron chi connectivity index (χ0n) is 31.1. The van der Waals surface area contributed by atoms with Gasteiger partial charge in [0.25, 0.3) is 0 Å². The predicted octanol–water partition coefficient (Wildman–Crippen LogP) is 6.02. The van der Waals surface area contributed by atoms with Crippen LogP contribution in [0.4, 0.5) is 0 Å². The van der Waals surface area contributed by atoms with Crippen LogP contribution in [0.25, 0.3) is 10.9 Å². The summed E-state index contributed by atoms with van der Waals surface area (Å²) in [5.41, 5.74) is 5.05. The Labute approximate surface area is 325 Å². The molecule has 2 aliphatic rings. The van der Waals surface area contributed by atoms with Gasteiger partial charge in [-0.15, -0.1) is 18.3 Å². The van der Waals surface area contributed by atoms with Crippen molar-refractivity contribution < 1.29 is 24.3 Å². The number of phenolic OH excluding ortho intramolecular Hbond substituents is 1. The maximum absolute atomic E-state index is 14.7. The van der Waals surface area contributed by atoms with Gasteiger partial charge in [-0.25, -0.2) is 10.0 Å². The van der Waals surface area contributed by atoms with Crippen LogP contribution in [0.2, 0.25) is 0 Å². The van der Waals surface area contributed by atoms with Crippen LogP contribution in [-0.2, 0) is 47.2 Å². The van der Waals surface area contributed by atoms with Gasteiger partial charge in [0, 0.05) is 61.4 Å². The lowest BCUT2D eigenvalue weighted by Crippen LogP contribution is -2.75. The number of carbonyl (C=O) groups excluding carboxylic acids is 4. The topological polar surface area (TPSA) is 106 Å². The van der Waals surface area contributed by atoms with Crippen molar-refractivity contribution >= 4 is 46.2 Å². The summed E-state index contributed by atoms with van der Waals surface area (Å²) in [5.74, 6) is -0.522. The summed E-state index contributed by atoms with van der Waals surface area (Å²) in [4.78, 5) is 61.2. The Morgan fingerprint density at radius 2 is 1.64 bits per heavy atom. The maximum atomic E-state index is 14.7. The number of para-hydroxylation sites is 1. The first-order valence-corrected chi connectivity index (χ1v) is 19.7. The Morgan fingerprint density at radius 3 is 2.35 bits per heavy atom. The number of piperazine rings is 1. The first-order valence-electron chi connectivity index (χ1n) is 18.5. The third-order valence-corrected chi connectivity index (χ3v) is 11.3. The molecule has 0 radical (unpaired) electrons. The Kier molecular flexibility index (Phi) is 11.2. The molecule has 3 heterocycles. The van der Waals surface area contributed by atoms with E-state index in [-0.39, 0.29) is 74.7 Å². The smallest absolute Gasteiger partial charge is 0.246 e. The number of rotatable bonds is 13. The monoisotopic (exact) mass is 755 g/mol. The average Bonchev–Trinajstić information content (AvgIpc) is 3.54. The van der Waals surface area contributed by atoms with Crippen LogP contribution in [-0.4, -0.2) is 91.1 Å². The number of hydrogen-bond acceptors (Lipinski definition) is 7. The molecule has 10 nitrogen and oxygen atoms in total. The highest BCUT2D eigenvalue weighted by Gasteiger charge is 2.51. The largest absolute Gasteiger partial charge is 0.508 e. The van der Waals surface area contributed by atoms with E-state index in [0.29, 0.717) is 12.0 Å². The molecule has 2 aliphatic heterocycles. The van der Waals surface area contributed by atoms with Crippen molar-refractivity contribution in [2.45, 2.75) is 49.3 Å². The zero-order chi connectivity index (χ0) is 38.6. The van der Waals surface area contributed by atoms with Gasteiger partial charge in [0.15, 0.2) is 5.78 Å². The molecule has 0 bridgehead atoms. The Bertz CT molecular complexity index is 2220. The Hall–Kier alpha value is -5.65. The number of benzene rings is 4. The summed E-state index contributed by atoms with van der Waals surface area (Å²) < 4.78 is 1.94. The fourth-order valence-electron chi connectivity index (χ4n) is 7.90. The van der Waals surface area contributed by atoms with Crippen LogP contribution in [0.15, 0.2) is 121 Å². The third kappa shape index (κ3) is 7.94. The summed E-state index contributed by atoms with van der Waals surface area (Å²) in [6, 6.07) is 29.4. The molecule has 1 aromatic heterocycles. The molecule has 2 fully saturated rings. The number of hydrogen-bond donors (Lipinski definition) is 1. The van der Waals surface area contributed by atoms with Gasteiger partial charge in [-0.1, -0.05) is 78.9 Å². The summed E-state index contributed by atoms with van der Waals surface area (Å²) in [6.07, 6.45) is 6.01. The minimum absolute atomic E-state index is 0.00555. The molecule has 55 heavy (non-hydrogen) atoms. The summed E-state index contributed by atoms with van der Waals surface area (Å²) in [6.45, 7) is 4.41. The van der Waals surface area contributed by atoms with Crippen molar-refractivity contribution in [3.8, 4) is 5.75 Å². The zero-order valence-corrected chi connectivity index (χ0v) is 32.0. The summed E-state index contributed by atoms with van der Waals surface area (Å²) >= 11 is 1.66. The van der Waals surface area contributed by atoms with E-state index in [1.165, 1.54) is 0 Å². The number of aromatic nitrogens is 1. The molecular formula is C44H45N5O5S. The molecule has 282 valence electrons. The Morgan fingerprint density at radius 1 is 0.909 bits per heavy atom. The highest BCUT2D eigenvalue weighted by Crippen LogP contribution is 2.32. The van der Waals surface area contributed by atoms with Crippen molar-refractivity contribution in [2.75, 3.05) is 25.9 Å². The molecule has 0 aliphatic carbocycles. The van der Waals surface area contributed by atoms with E-state index < -0.39 is 12.2 Å². The SMILES string of the molecule is C=CCN1CC(=O)N2C(CN(Cc3cccc4c(C(=O)Cc5ccc(SC)cc5)cn(C)c34)C(=O)[C@@H]2Cc2ccc(O)cc2)N1C(=O)CCc1ccccc1. The third-order valence-electron chi connectivity index (χ3n) is 10.5. The Balaban J connectivity index is 1.23. The second-order valence-corrected chi connectivity index (χ2v) is 15.0. The standard InChI is InChI=1S/C44H45N5O5S/c1-4-23-47-29-42(53)48-38(24-31-13-18-34(50)19-14-31)44(54)46(28-40(48)49(47)41(52)22-17-30-9-6-5-7-10-30)26-33-11-8-12-36-37(27-45(2)43(33)36)39(51)25-32-15-20-35(55-3)21-16-32/h4-16,18-21,27,38,40,50H,1,17,22-26,28-29H2,2-3H3/t38-,40?/m0/s1. The number of nitrogens with zero attached hydrogens (tertiary/aromatic N) is 5. The fraction of sp³-hybridized carbons (Fsp3) is 0.273. The highest BCUT2D eigenvalue weighted by molar-refractivity contribution is 7.98. The molecule has 11 heteroatoms. The van der Waals surface area contributed by atoms with Crippen molar-refractivity contribution in [2.24, 2.45) is 7.05 Å². The number of hydrazine groups is 1. The molecule has 5 aromatic rings. The number of aromatic hydroxyl groups is 1. The van der Waals surface area contributed by atoms with Gasteiger partial charge >= 0.3 is 0 Å². The van der Waals surface area contributed by atoms with Crippen molar-refractivity contribution in [1.82, 2.24) is 24.4 Å². The lowest BCUT2D eigenvalue weighted by Gasteiger charge is -2.55. The van der Waals surface area contributed by atoms with Gasteiger partial charge in [0.05, 0.1) is 18.6 Å². The van der Waals surface area contributed by atoms with E-state index in [0.717, 1.165) is 38.1 Å². The number of fused-ring (bicyclic) bond motifs is 2. The molecule has 1 unspecified atom stereocenters. The van der Waals surface area contributed by atoms with Crippen molar-refractivity contribution in [1.29, 1.82) is 0 Å².